The van der Waals surface area contributed by atoms with Crippen LogP contribution in [0.5, 0.6) is 0 Å². The van der Waals surface area contributed by atoms with Crippen LogP contribution >= 0.6 is 11.8 Å². The molecule has 0 bridgehead atoms. The molecule has 1 aromatic carbocycles. The molecule has 0 saturated carbocycles. The van der Waals surface area contributed by atoms with Crippen LogP contribution in [0, 0.1) is 5.82 Å². The van der Waals surface area contributed by atoms with Crippen LogP contribution in [-0.4, -0.2) is 26.4 Å². The Morgan fingerprint density at radius 3 is 2.95 bits per heavy atom. The maximum atomic E-state index is 13.4. The first-order valence-electron chi connectivity index (χ1n) is 6.44. The van der Waals surface area contributed by atoms with Crippen molar-refractivity contribution in [3.8, 4) is 0 Å². The number of carbonyl (C=O) groups is 1. The van der Waals surface area contributed by atoms with Gasteiger partial charge in [0.2, 0.25) is 5.91 Å². The van der Waals surface area contributed by atoms with E-state index in [0.717, 1.165) is 18.2 Å². The van der Waals surface area contributed by atoms with Gasteiger partial charge in [-0.2, -0.15) is 0 Å². The second-order valence-electron chi connectivity index (χ2n) is 4.28. The average Bonchev–Trinajstić information content (AvgIpc) is 2.81. The SMILES string of the molecule is CCCn1c(SCC(=O)Nc2ccccc2F)n[nH]c1=O. The topological polar surface area (TPSA) is 79.8 Å². The summed E-state index contributed by atoms with van der Waals surface area (Å²) >= 11 is 1.13. The highest BCUT2D eigenvalue weighted by molar-refractivity contribution is 7.99. The van der Waals surface area contributed by atoms with Gasteiger partial charge in [-0.25, -0.2) is 14.3 Å². The fraction of sp³-hybridized carbons (Fsp3) is 0.308. The lowest BCUT2D eigenvalue weighted by atomic mass is 10.3. The molecule has 0 fully saturated rings. The van der Waals surface area contributed by atoms with Crippen LogP contribution in [0.25, 0.3) is 0 Å². The van der Waals surface area contributed by atoms with Gasteiger partial charge < -0.3 is 5.32 Å². The molecular weight excluding hydrogens is 295 g/mol. The third kappa shape index (κ3) is 3.94. The third-order valence-electron chi connectivity index (χ3n) is 2.65. The van der Waals surface area contributed by atoms with Gasteiger partial charge in [0.05, 0.1) is 11.4 Å². The number of rotatable bonds is 6. The van der Waals surface area contributed by atoms with Gasteiger partial charge in [0.25, 0.3) is 0 Å². The van der Waals surface area contributed by atoms with E-state index in [1.165, 1.54) is 16.7 Å². The fourth-order valence-corrected chi connectivity index (χ4v) is 2.49. The summed E-state index contributed by atoms with van der Waals surface area (Å²) in [4.78, 5) is 23.3. The predicted octanol–water partition coefficient (Wildman–Crippen LogP) is 1.85. The molecule has 0 spiro atoms. The number of nitrogens with one attached hydrogen (secondary N) is 2. The molecule has 0 aliphatic carbocycles. The van der Waals surface area contributed by atoms with Crippen molar-refractivity contribution in [3.05, 3.63) is 40.6 Å². The van der Waals surface area contributed by atoms with Crippen LogP contribution in [-0.2, 0) is 11.3 Å². The van der Waals surface area contributed by atoms with E-state index in [9.17, 15) is 14.0 Å². The molecular formula is C13H15FN4O2S. The summed E-state index contributed by atoms with van der Waals surface area (Å²) < 4.78 is 14.9. The van der Waals surface area contributed by atoms with Crippen molar-refractivity contribution in [2.24, 2.45) is 0 Å². The Bertz CT molecular complexity index is 683. The lowest BCUT2D eigenvalue weighted by molar-refractivity contribution is -0.113. The van der Waals surface area contributed by atoms with Gasteiger partial charge in [0.1, 0.15) is 5.82 Å². The van der Waals surface area contributed by atoms with Crippen molar-refractivity contribution in [3.63, 3.8) is 0 Å². The van der Waals surface area contributed by atoms with Gasteiger partial charge in [0, 0.05) is 6.54 Å². The lowest BCUT2D eigenvalue weighted by Gasteiger charge is -2.06. The zero-order valence-electron chi connectivity index (χ0n) is 11.4. The Labute approximate surface area is 124 Å². The molecule has 112 valence electrons. The maximum absolute atomic E-state index is 13.4. The first-order chi connectivity index (χ1) is 10.1. The summed E-state index contributed by atoms with van der Waals surface area (Å²) in [6.07, 6.45) is 0.786. The predicted molar refractivity (Wildman–Crippen MR) is 78.9 cm³/mol. The number of benzene rings is 1. The molecule has 8 heteroatoms. The summed E-state index contributed by atoms with van der Waals surface area (Å²) in [6.45, 7) is 2.48. The lowest BCUT2D eigenvalue weighted by Crippen LogP contribution is -2.18. The number of H-pyrrole nitrogens is 1. The molecule has 2 aromatic rings. The number of nitrogens with zero attached hydrogens (tertiary/aromatic N) is 2. The van der Waals surface area contributed by atoms with Gasteiger partial charge >= 0.3 is 5.69 Å². The first-order valence-corrected chi connectivity index (χ1v) is 7.42. The summed E-state index contributed by atoms with van der Waals surface area (Å²) in [5, 5.41) is 9.14. The zero-order valence-corrected chi connectivity index (χ0v) is 12.2. The van der Waals surface area contributed by atoms with Crippen molar-refractivity contribution in [2.45, 2.75) is 25.0 Å². The smallest absolute Gasteiger partial charge is 0.323 e. The monoisotopic (exact) mass is 310 g/mol. The third-order valence-corrected chi connectivity index (χ3v) is 3.63. The number of halogens is 1. The van der Waals surface area contributed by atoms with Crippen molar-refractivity contribution >= 4 is 23.4 Å². The summed E-state index contributed by atoms with van der Waals surface area (Å²) in [7, 11) is 0. The molecule has 0 unspecified atom stereocenters. The van der Waals surface area contributed by atoms with Crippen LogP contribution < -0.4 is 11.0 Å². The molecule has 0 saturated heterocycles. The van der Waals surface area contributed by atoms with E-state index in [0.29, 0.717) is 11.7 Å². The molecule has 1 aromatic heterocycles. The molecule has 2 rings (SSSR count). The highest BCUT2D eigenvalue weighted by Crippen LogP contribution is 2.16. The number of anilines is 1. The molecule has 0 radical (unpaired) electrons. The molecule has 1 heterocycles. The number of hydrogen-bond acceptors (Lipinski definition) is 4. The largest absolute Gasteiger partial charge is 0.343 e. The number of hydrogen-bond donors (Lipinski definition) is 2. The Kier molecular flexibility index (Phi) is 5.15. The number of para-hydroxylation sites is 1. The Balaban J connectivity index is 1.96. The second kappa shape index (κ2) is 7.07. The maximum Gasteiger partial charge on any atom is 0.343 e. The Morgan fingerprint density at radius 1 is 1.48 bits per heavy atom. The van der Waals surface area contributed by atoms with Crippen molar-refractivity contribution in [1.29, 1.82) is 0 Å². The van der Waals surface area contributed by atoms with E-state index < -0.39 is 5.82 Å². The standard InChI is InChI=1S/C13H15FN4O2S/c1-2-7-18-12(20)16-17-13(18)21-8-11(19)15-10-6-4-3-5-9(10)14/h3-6H,2,7-8H2,1H3,(H,15,19)(H,16,20). The van der Waals surface area contributed by atoms with Crippen LogP contribution in [0.3, 0.4) is 0 Å². The van der Waals surface area contributed by atoms with Crippen LogP contribution in [0.15, 0.2) is 34.2 Å². The minimum absolute atomic E-state index is 0.0440. The van der Waals surface area contributed by atoms with Crippen LogP contribution in [0.1, 0.15) is 13.3 Å². The normalized spacial score (nSPS) is 10.6. The Hall–Kier alpha value is -2.09. The molecule has 2 N–H and O–H groups in total. The van der Waals surface area contributed by atoms with Gasteiger partial charge in [-0.05, 0) is 18.6 Å². The molecule has 0 aliphatic heterocycles. The van der Waals surface area contributed by atoms with Gasteiger partial charge in [-0.1, -0.05) is 30.8 Å². The minimum Gasteiger partial charge on any atom is -0.323 e. The first kappa shape index (κ1) is 15.3. The van der Waals surface area contributed by atoms with Crippen molar-refractivity contribution in [2.75, 3.05) is 11.1 Å². The molecule has 6 nitrogen and oxygen atoms in total. The van der Waals surface area contributed by atoms with E-state index in [-0.39, 0.29) is 23.0 Å². The number of carbonyl (C=O) groups excluding carboxylic acids is 1. The summed E-state index contributed by atoms with van der Waals surface area (Å²) in [5.41, 5.74) is -0.162. The second-order valence-corrected chi connectivity index (χ2v) is 5.22. The van der Waals surface area contributed by atoms with E-state index in [2.05, 4.69) is 15.5 Å². The van der Waals surface area contributed by atoms with E-state index in [4.69, 9.17) is 0 Å². The fourth-order valence-electron chi connectivity index (χ4n) is 1.71. The van der Waals surface area contributed by atoms with Crippen molar-refractivity contribution in [1.82, 2.24) is 14.8 Å². The highest BCUT2D eigenvalue weighted by Gasteiger charge is 2.11. The highest BCUT2D eigenvalue weighted by atomic mass is 32.2. The number of amides is 1. The van der Waals surface area contributed by atoms with Crippen LogP contribution in [0.2, 0.25) is 0 Å². The average molecular weight is 310 g/mol. The summed E-state index contributed by atoms with van der Waals surface area (Å²) in [6, 6.07) is 5.94. The van der Waals surface area contributed by atoms with E-state index in [1.54, 1.807) is 12.1 Å². The molecule has 21 heavy (non-hydrogen) atoms. The van der Waals surface area contributed by atoms with Gasteiger partial charge in [-0.15, -0.1) is 5.10 Å². The number of aromatic nitrogens is 3. The van der Waals surface area contributed by atoms with Gasteiger partial charge in [0.15, 0.2) is 5.16 Å². The quantitative estimate of drug-likeness (QED) is 0.798. The zero-order chi connectivity index (χ0) is 15.2. The molecule has 0 atom stereocenters. The van der Waals surface area contributed by atoms with E-state index in [1.807, 2.05) is 6.92 Å². The minimum atomic E-state index is -0.487. The van der Waals surface area contributed by atoms with E-state index >= 15 is 0 Å². The molecule has 0 aliphatic rings. The number of thioether (sulfide) groups is 1. The van der Waals surface area contributed by atoms with Crippen molar-refractivity contribution < 1.29 is 9.18 Å². The summed E-state index contributed by atoms with van der Waals surface area (Å²) in [5.74, 6) is -0.801. The Morgan fingerprint density at radius 2 is 2.24 bits per heavy atom. The van der Waals surface area contributed by atoms with Gasteiger partial charge in [-0.3, -0.25) is 9.36 Å². The number of aromatic amines is 1. The molecule has 1 amide bonds. The van der Waals surface area contributed by atoms with Crippen LogP contribution in [0.4, 0.5) is 10.1 Å².